The zero-order valence-corrected chi connectivity index (χ0v) is 15.4. The minimum absolute atomic E-state index is 0.101. The van der Waals surface area contributed by atoms with Gasteiger partial charge in [-0.15, -0.1) is 0 Å². The van der Waals surface area contributed by atoms with Crippen molar-refractivity contribution in [3.8, 4) is 0 Å². The number of piperidine rings is 1. The van der Waals surface area contributed by atoms with Crippen molar-refractivity contribution in [3.05, 3.63) is 35.9 Å². The molecule has 2 aliphatic heterocycles. The van der Waals surface area contributed by atoms with Gasteiger partial charge in [-0.2, -0.15) is 0 Å². The molecule has 1 aromatic carbocycles. The predicted molar refractivity (Wildman–Crippen MR) is 95.2 cm³/mol. The van der Waals surface area contributed by atoms with Gasteiger partial charge < -0.3 is 4.74 Å². The average Bonchev–Trinajstić information content (AvgIpc) is 2.54. The number of hydrogen-bond donors (Lipinski definition) is 0. The minimum Gasteiger partial charge on any atom is -0.373 e. The van der Waals surface area contributed by atoms with Gasteiger partial charge in [0.2, 0.25) is 10.0 Å². The van der Waals surface area contributed by atoms with Crippen LogP contribution in [0.4, 0.5) is 0 Å². The maximum absolute atomic E-state index is 12.6. The highest BCUT2D eigenvalue weighted by Crippen LogP contribution is 2.23. The first kappa shape index (κ1) is 17.9. The summed E-state index contributed by atoms with van der Waals surface area (Å²) in [5, 5.41) is 0. The Morgan fingerprint density at radius 1 is 1.04 bits per heavy atom. The lowest BCUT2D eigenvalue weighted by atomic mass is 10.0. The average molecular weight is 353 g/mol. The van der Waals surface area contributed by atoms with Crippen LogP contribution < -0.4 is 0 Å². The molecule has 24 heavy (non-hydrogen) atoms. The Morgan fingerprint density at radius 2 is 1.62 bits per heavy atom. The van der Waals surface area contributed by atoms with E-state index in [1.165, 1.54) is 0 Å². The van der Waals surface area contributed by atoms with Crippen molar-refractivity contribution in [1.29, 1.82) is 0 Å². The van der Waals surface area contributed by atoms with Crippen LogP contribution in [0.5, 0.6) is 0 Å². The van der Waals surface area contributed by atoms with Gasteiger partial charge in [-0.3, -0.25) is 4.90 Å². The fraction of sp³-hybridized carbons (Fsp3) is 0.667. The van der Waals surface area contributed by atoms with E-state index in [2.05, 4.69) is 18.7 Å². The van der Waals surface area contributed by atoms with E-state index < -0.39 is 10.0 Å². The van der Waals surface area contributed by atoms with Crippen molar-refractivity contribution in [1.82, 2.24) is 9.21 Å². The Kier molecular flexibility index (Phi) is 5.59. The first-order valence-electron chi connectivity index (χ1n) is 8.85. The molecule has 2 fully saturated rings. The molecule has 0 saturated carbocycles. The first-order valence-corrected chi connectivity index (χ1v) is 10.5. The van der Waals surface area contributed by atoms with E-state index in [9.17, 15) is 8.42 Å². The summed E-state index contributed by atoms with van der Waals surface area (Å²) in [7, 11) is -3.22. The number of ether oxygens (including phenoxy) is 1. The number of nitrogens with zero attached hydrogens (tertiary/aromatic N) is 2. The van der Waals surface area contributed by atoms with Crippen LogP contribution in [0.15, 0.2) is 30.3 Å². The predicted octanol–water partition coefficient (Wildman–Crippen LogP) is 2.09. The van der Waals surface area contributed by atoms with Crippen molar-refractivity contribution in [2.24, 2.45) is 0 Å². The molecule has 1 aromatic rings. The van der Waals surface area contributed by atoms with Crippen molar-refractivity contribution >= 4 is 10.0 Å². The Labute approximate surface area is 145 Å². The second-order valence-corrected chi connectivity index (χ2v) is 9.05. The molecule has 3 rings (SSSR count). The van der Waals surface area contributed by atoms with Gasteiger partial charge in [0.25, 0.3) is 0 Å². The third kappa shape index (κ3) is 4.36. The standard InChI is InChI=1S/C18H28N2O3S/c1-15-12-19(13-16(2)23-15)18-8-10-20(11-9-18)24(21,22)14-17-6-4-3-5-7-17/h3-7,15-16,18H,8-14H2,1-2H3/t15-,16+. The lowest BCUT2D eigenvalue weighted by Crippen LogP contribution is -2.53. The topological polar surface area (TPSA) is 49.9 Å². The van der Waals surface area contributed by atoms with Crippen molar-refractivity contribution in [2.45, 2.75) is 50.7 Å². The maximum Gasteiger partial charge on any atom is 0.218 e. The van der Waals surface area contributed by atoms with E-state index in [-0.39, 0.29) is 18.0 Å². The molecular weight excluding hydrogens is 324 g/mol. The molecule has 0 aliphatic carbocycles. The smallest absolute Gasteiger partial charge is 0.218 e. The van der Waals surface area contributed by atoms with E-state index in [1.807, 2.05) is 30.3 Å². The van der Waals surface area contributed by atoms with Crippen molar-refractivity contribution < 1.29 is 13.2 Å². The summed E-state index contributed by atoms with van der Waals surface area (Å²) in [6.45, 7) is 7.38. The molecule has 0 aromatic heterocycles. The highest BCUT2D eigenvalue weighted by atomic mass is 32.2. The van der Waals surface area contributed by atoms with Gasteiger partial charge in [0, 0.05) is 32.2 Å². The first-order chi connectivity index (χ1) is 11.4. The van der Waals surface area contributed by atoms with Crippen LogP contribution in [0.3, 0.4) is 0 Å². The van der Waals surface area contributed by atoms with Gasteiger partial charge in [-0.05, 0) is 32.3 Å². The van der Waals surface area contributed by atoms with Crippen molar-refractivity contribution in [3.63, 3.8) is 0 Å². The summed E-state index contributed by atoms with van der Waals surface area (Å²) in [6, 6.07) is 9.91. The third-order valence-corrected chi connectivity index (χ3v) is 6.82. The second kappa shape index (κ2) is 7.52. The highest BCUT2D eigenvalue weighted by Gasteiger charge is 2.33. The molecule has 6 heteroatoms. The summed E-state index contributed by atoms with van der Waals surface area (Å²) in [5.41, 5.74) is 0.857. The lowest BCUT2D eigenvalue weighted by molar-refractivity contribution is -0.0847. The zero-order chi connectivity index (χ0) is 17.2. The second-order valence-electron chi connectivity index (χ2n) is 7.08. The maximum atomic E-state index is 12.6. The van der Waals surface area contributed by atoms with Gasteiger partial charge in [-0.25, -0.2) is 12.7 Å². The zero-order valence-electron chi connectivity index (χ0n) is 14.6. The summed E-state index contributed by atoms with van der Waals surface area (Å²) in [4.78, 5) is 2.49. The summed E-state index contributed by atoms with van der Waals surface area (Å²) < 4.78 is 32.7. The Hall–Kier alpha value is -0.950. The Bertz CT molecular complexity index is 617. The molecule has 0 amide bonds. The summed E-state index contributed by atoms with van der Waals surface area (Å²) in [6.07, 6.45) is 2.34. The van der Waals surface area contributed by atoms with E-state index in [4.69, 9.17) is 4.74 Å². The van der Waals surface area contributed by atoms with Gasteiger partial charge in [-0.1, -0.05) is 30.3 Å². The quantitative estimate of drug-likeness (QED) is 0.833. The molecule has 0 bridgehead atoms. The monoisotopic (exact) mass is 352 g/mol. The molecule has 2 aliphatic rings. The van der Waals surface area contributed by atoms with E-state index >= 15 is 0 Å². The fourth-order valence-electron chi connectivity index (χ4n) is 3.88. The van der Waals surface area contributed by atoms with Gasteiger partial charge in [0.15, 0.2) is 0 Å². The molecule has 0 radical (unpaired) electrons. The Balaban J connectivity index is 1.56. The van der Waals surface area contributed by atoms with Crippen molar-refractivity contribution in [2.75, 3.05) is 26.2 Å². The highest BCUT2D eigenvalue weighted by molar-refractivity contribution is 7.88. The SMILES string of the molecule is C[C@@H]1CN(C2CCN(S(=O)(=O)Cc3ccccc3)CC2)C[C@H](C)O1. The number of sulfonamides is 1. The molecule has 2 atom stereocenters. The van der Waals surface area contributed by atoms with Crippen LogP contribution >= 0.6 is 0 Å². The number of morpholine rings is 1. The molecule has 134 valence electrons. The molecule has 0 unspecified atom stereocenters. The van der Waals surface area contributed by atoms with Crippen LogP contribution in [-0.2, 0) is 20.5 Å². The fourth-order valence-corrected chi connectivity index (χ4v) is 5.44. The van der Waals surface area contributed by atoms with E-state index in [0.717, 1.165) is 31.5 Å². The summed E-state index contributed by atoms with van der Waals surface area (Å²) >= 11 is 0. The van der Waals surface area contributed by atoms with Crippen LogP contribution in [0.25, 0.3) is 0 Å². The van der Waals surface area contributed by atoms with E-state index in [1.54, 1.807) is 4.31 Å². The number of rotatable bonds is 4. The number of benzene rings is 1. The van der Waals surface area contributed by atoms with Gasteiger partial charge in [0.1, 0.15) is 0 Å². The lowest BCUT2D eigenvalue weighted by Gasteiger charge is -2.43. The summed E-state index contributed by atoms with van der Waals surface area (Å²) in [5.74, 6) is 0.101. The van der Waals surface area contributed by atoms with Gasteiger partial charge >= 0.3 is 0 Å². The largest absolute Gasteiger partial charge is 0.373 e. The van der Waals surface area contributed by atoms with Crippen LogP contribution in [0, 0.1) is 0 Å². The molecule has 2 saturated heterocycles. The Morgan fingerprint density at radius 3 is 2.21 bits per heavy atom. The van der Waals surface area contributed by atoms with Crippen LogP contribution in [0.2, 0.25) is 0 Å². The molecule has 0 spiro atoms. The molecular formula is C18H28N2O3S. The molecule has 5 nitrogen and oxygen atoms in total. The molecule has 2 heterocycles. The van der Waals surface area contributed by atoms with Crippen LogP contribution in [-0.4, -0.2) is 62.1 Å². The van der Waals surface area contributed by atoms with Crippen LogP contribution in [0.1, 0.15) is 32.3 Å². The van der Waals surface area contributed by atoms with Gasteiger partial charge in [0.05, 0.1) is 18.0 Å². The van der Waals surface area contributed by atoms with E-state index in [0.29, 0.717) is 19.1 Å². The normalized spacial score (nSPS) is 28.1. The number of hydrogen-bond acceptors (Lipinski definition) is 4. The third-order valence-electron chi connectivity index (χ3n) is 4.97. The molecule has 0 N–H and O–H groups in total. The minimum atomic E-state index is -3.22.